The zero-order valence-corrected chi connectivity index (χ0v) is 14.0. The van der Waals surface area contributed by atoms with Gasteiger partial charge in [0.1, 0.15) is 24.9 Å². The minimum Gasteiger partial charge on any atom is -0.394 e. The number of hydrogen-bond donors (Lipinski definition) is 6. The van der Waals surface area contributed by atoms with E-state index in [0.717, 1.165) is 0 Å². The molecule has 0 rings (SSSR count). The Bertz CT molecular complexity index is 279. The van der Waals surface area contributed by atoms with Crippen molar-refractivity contribution in [1.82, 2.24) is 0 Å². The van der Waals surface area contributed by atoms with Gasteiger partial charge in [-0.05, 0) is 0 Å². The van der Waals surface area contributed by atoms with Crippen molar-refractivity contribution in [1.29, 1.82) is 0 Å². The summed E-state index contributed by atoms with van der Waals surface area (Å²) in [7, 11) is -4.85. The van der Waals surface area contributed by atoms with Crippen molar-refractivity contribution in [3.05, 3.63) is 0 Å². The topological polar surface area (TPSA) is 165 Å². The Morgan fingerprint density at radius 2 is 1.71 bits per heavy atom. The number of rotatable bonds is 7. The normalized spacial score (nSPS) is 16.8. The molecule has 0 aromatic heterocycles. The van der Waals surface area contributed by atoms with Crippen LogP contribution in [-0.2, 0) is 13.9 Å². The molecular formula is C6H13BaO9P. The first-order valence-corrected chi connectivity index (χ1v) is 5.60. The summed E-state index contributed by atoms with van der Waals surface area (Å²) in [5.41, 5.74) is 0. The van der Waals surface area contributed by atoms with E-state index in [9.17, 15) is 9.36 Å². The van der Waals surface area contributed by atoms with Crippen molar-refractivity contribution >= 4 is 62.5 Å². The van der Waals surface area contributed by atoms with E-state index in [2.05, 4.69) is 4.52 Å². The number of Topliss-reactive ketones (excluding diaryl/α,β-unsaturated/α-hetero) is 1. The van der Waals surface area contributed by atoms with Crippen molar-refractivity contribution in [2.24, 2.45) is 0 Å². The van der Waals surface area contributed by atoms with Gasteiger partial charge in [0.15, 0.2) is 5.78 Å². The van der Waals surface area contributed by atoms with Gasteiger partial charge >= 0.3 is 7.82 Å². The first-order valence-electron chi connectivity index (χ1n) is 4.07. The maximum Gasteiger partial charge on any atom is 0.470 e. The van der Waals surface area contributed by atoms with Gasteiger partial charge in [0, 0.05) is 48.9 Å². The molecule has 0 bridgehead atoms. The first kappa shape index (κ1) is 20.5. The van der Waals surface area contributed by atoms with Crippen LogP contribution in [-0.4, -0.2) is 116 Å². The van der Waals surface area contributed by atoms with E-state index in [-0.39, 0.29) is 48.9 Å². The van der Waals surface area contributed by atoms with E-state index in [0.29, 0.717) is 0 Å². The van der Waals surface area contributed by atoms with Crippen LogP contribution in [0.4, 0.5) is 0 Å². The van der Waals surface area contributed by atoms with Gasteiger partial charge in [-0.2, -0.15) is 0 Å². The molecule has 0 saturated carbocycles. The van der Waals surface area contributed by atoms with E-state index >= 15 is 0 Å². The standard InChI is InChI=1S/C6H13O9P.Ba/c7-1-3(8)5(10)6(11)4(9)2-15-16(12,13)14;/h3,5-8,10-11H,1-2H2,(H2,12,13,14);/t3-,5-,6-;/m1./s1. The number of phosphoric ester groups is 1. The molecule has 0 aromatic rings. The molecule has 17 heavy (non-hydrogen) atoms. The summed E-state index contributed by atoms with van der Waals surface area (Å²) < 4.78 is 14.0. The predicted molar refractivity (Wildman–Crippen MR) is 53.9 cm³/mol. The summed E-state index contributed by atoms with van der Waals surface area (Å²) in [5.74, 6) is -1.23. The van der Waals surface area contributed by atoms with Gasteiger partial charge in [-0.1, -0.05) is 0 Å². The number of hydrogen-bond acceptors (Lipinski definition) is 7. The largest absolute Gasteiger partial charge is 0.470 e. The third-order valence-corrected chi connectivity index (χ3v) is 2.08. The van der Waals surface area contributed by atoms with Crippen LogP contribution in [0.15, 0.2) is 0 Å². The van der Waals surface area contributed by atoms with Crippen LogP contribution >= 0.6 is 7.82 Å². The molecule has 0 heterocycles. The average Bonchev–Trinajstić information content (AvgIpc) is 2.21. The minimum absolute atomic E-state index is 0. The SMILES string of the molecule is O=C(COP(=O)(O)O)[C@@H](O)[C@H](O)[C@H](O)CO.[Ba]. The summed E-state index contributed by atoms with van der Waals surface area (Å²) in [6.07, 6.45) is -5.81. The Kier molecular flexibility index (Phi) is 11.0. The number of ketones is 1. The molecular weight excluding hydrogens is 384 g/mol. The van der Waals surface area contributed by atoms with E-state index in [1.54, 1.807) is 0 Å². The molecule has 98 valence electrons. The van der Waals surface area contributed by atoms with E-state index in [1.807, 2.05) is 0 Å². The van der Waals surface area contributed by atoms with Crippen molar-refractivity contribution in [2.75, 3.05) is 13.2 Å². The Morgan fingerprint density at radius 1 is 1.24 bits per heavy atom. The molecule has 2 radical (unpaired) electrons. The molecule has 0 aliphatic rings. The fourth-order valence-electron chi connectivity index (χ4n) is 0.742. The maximum absolute atomic E-state index is 11.0. The molecule has 9 nitrogen and oxygen atoms in total. The second-order valence-corrected chi connectivity index (χ2v) is 4.16. The summed E-state index contributed by atoms with van der Waals surface area (Å²) in [5, 5.41) is 35.4. The number of carbonyl (C=O) groups is 1. The quantitative estimate of drug-likeness (QED) is 0.188. The number of carbonyl (C=O) groups excluding carboxylic acids is 1. The number of aliphatic hydroxyl groups excluding tert-OH is 4. The van der Waals surface area contributed by atoms with E-state index < -0.39 is 45.1 Å². The number of phosphoric acid groups is 1. The monoisotopic (exact) mass is 398 g/mol. The second-order valence-electron chi connectivity index (χ2n) is 2.92. The molecule has 3 atom stereocenters. The Morgan fingerprint density at radius 3 is 2.06 bits per heavy atom. The van der Waals surface area contributed by atoms with Crippen molar-refractivity contribution in [3.8, 4) is 0 Å². The second kappa shape index (κ2) is 9.15. The predicted octanol–water partition coefficient (Wildman–Crippen LogP) is -3.64. The molecule has 0 saturated heterocycles. The van der Waals surface area contributed by atoms with Gasteiger partial charge in [0.05, 0.1) is 6.61 Å². The van der Waals surface area contributed by atoms with Gasteiger partial charge in [-0.15, -0.1) is 0 Å². The van der Waals surface area contributed by atoms with Gasteiger partial charge in [-0.3, -0.25) is 9.32 Å². The van der Waals surface area contributed by atoms with Crippen LogP contribution in [0.1, 0.15) is 0 Å². The molecule has 0 aliphatic carbocycles. The zero-order valence-electron chi connectivity index (χ0n) is 8.71. The van der Waals surface area contributed by atoms with Crippen molar-refractivity contribution in [2.45, 2.75) is 18.3 Å². The third kappa shape index (κ3) is 8.83. The molecule has 6 N–H and O–H groups in total. The van der Waals surface area contributed by atoms with Gasteiger partial charge < -0.3 is 30.2 Å². The first-order chi connectivity index (χ1) is 7.19. The summed E-state index contributed by atoms with van der Waals surface area (Å²) in [6, 6.07) is 0. The molecule has 0 aromatic carbocycles. The van der Waals surface area contributed by atoms with E-state index in [1.165, 1.54) is 0 Å². The zero-order chi connectivity index (χ0) is 12.9. The number of aliphatic hydroxyl groups is 4. The molecule has 0 unspecified atom stereocenters. The van der Waals surface area contributed by atoms with Crippen LogP contribution in [0.25, 0.3) is 0 Å². The molecule has 11 heteroatoms. The fourth-order valence-corrected chi connectivity index (χ4v) is 1.04. The van der Waals surface area contributed by atoms with Gasteiger partial charge in [-0.25, -0.2) is 4.57 Å². The van der Waals surface area contributed by atoms with Crippen LogP contribution in [0.2, 0.25) is 0 Å². The molecule has 0 aliphatic heterocycles. The van der Waals surface area contributed by atoms with Crippen LogP contribution in [0, 0.1) is 0 Å². The summed E-state index contributed by atoms with van der Waals surface area (Å²) in [6.45, 7) is -2.01. The smallest absolute Gasteiger partial charge is 0.394 e. The third-order valence-electron chi connectivity index (χ3n) is 1.61. The fraction of sp³-hybridized carbons (Fsp3) is 0.833. The summed E-state index contributed by atoms with van der Waals surface area (Å²) in [4.78, 5) is 27.5. The molecule has 0 spiro atoms. The van der Waals surface area contributed by atoms with E-state index in [4.69, 9.17) is 30.2 Å². The van der Waals surface area contributed by atoms with Crippen LogP contribution in [0.3, 0.4) is 0 Å². The van der Waals surface area contributed by atoms with Crippen LogP contribution in [0.5, 0.6) is 0 Å². The minimum atomic E-state index is -4.85. The van der Waals surface area contributed by atoms with Gasteiger partial charge in [0.2, 0.25) is 0 Å². The summed E-state index contributed by atoms with van der Waals surface area (Å²) >= 11 is 0. The Hall–Kier alpha value is 1.19. The molecule has 0 amide bonds. The Labute approximate surface area is 137 Å². The maximum atomic E-state index is 11.0. The average molecular weight is 397 g/mol. The van der Waals surface area contributed by atoms with Crippen LogP contribution < -0.4 is 0 Å². The van der Waals surface area contributed by atoms with Crippen molar-refractivity contribution < 1.29 is 44.1 Å². The Balaban J connectivity index is 0. The van der Waals surface area contributed by atoms with Gasteiger partial charge in [0.25, 0.3) is 0 Å². The molecule has 0 fully saturated rings. The van der Waals surface area contributed by atoms with Crippen molar-refractivity contribution in [3.63, 3.8) is 0 Å².